The van der Waals surface area contributed by atoms with Crippen LogP contribution in [0.15, 0.2) is 146 Å². The SMILES string of the molecule is C1=CCC(c2nc(C3=CCCC=C3)nc(-c3ccc(-c4cccc5c4Oc4ccccc4C54c5ccccc5-c5ccccc54)s3)n2)C=C1. The van der Waals surface area contributed by atoms with Crippen molar-refractivity contribution in [3.8, 4) is 43.8 Å². The Morgan fingerprint density at radius 2 is 1.33 bits per heavy atom. The largest absolute Gasteiger partial charge is 0.456 e. The maximum absolute atomic E-state index is 6.93. The van der Waals surface area contributed by atoms with Crippen LogP contribution in [0.25, 0.3) is 37.8 Å². The van der Waals surface area contributed by atoms with Crippen LogP contribution in [0.4, 0.5) is 0 Å². The van der Waals surface area contributed by atoms with E-state index in [4.69, 9.17) is 19.7 Å². The molecule has 1 spiro atoms. The highest BCUT2D eigenvalue weighted by Gasteiger charge is 2.51. The van der Waals surface area contributed by atoms with Gasteiger partial charge in [-0.05, 0) is 65.8 Å². The molecule has 3 aliphatic carbocycles. The van der Waals surface area contributed by atoms with E-state index in [0.29, 0.717) is 5.82 Å². The molecule has 0 fully saturated rings. The lowest BCUT2D eigenvalue weighted by molar-refractivity contribution is 0.438. The Bertz CT molecular complexity index is 2380. The summed E-state index contributed by atoms with van der Waals surface area (Å²) in [7, 11) is 0. The predicted molar refractivity (Wildman–Crippen MR) is 198 cm³/mol. The van der Waals surface area contributed by atoms with Gasteiger partial charge in [-0.1, -0.05) is 121 Å². The molecule has 10 rings (SSSR count). The zero-order chi connectivity index (χ0) is 32.4. The van der Waals surface area contributed by atoms with Crippen molar-refractivity contribution in [1.82, 2.24) is 15.0 Å². The van der Waals surface area contributed by atoms with E-state index in [1.54, 1.807) is 11.3 Å². The molecule has 3 heterocycles. The maximum atomic E-state index is 6.93. The van der Waals surface area contributed by atoms with E-state index >= 15 is 0 Å². The number of ether oxygens (including phenoxy) is 1. The molecule has 4 aromatic carbocycles. The summed E-state index contributed by atoms with van der Waals surface area (Å²) in [6.45, 7) is 0. The normalized spacial score (nSPS) is 17.6. The number of para-hydroxylation sites is 2. The van der Waals surface area contributed by atoms with Gasteiger partial charge in [0.2, 0.25) is 0 Å². The fourth-order valence-corrected chi connectivity index (χ4v) is 8.99. The number of fused-ring (bicyclic) bond motifs is 9. The number of allylic oxidation sites excluding steroid dienone is 8. The van der Waals surface area contributed by atoms with Crippen molar-refractivity contribution in [2.24, 2.45) is 0 Å². The minimum Gasteiger partial charge on any atom is -0.456 e. The molecule has 0 radical (unpaired) electrons. The maximum Gasteiger partial charge on any atom is 0.173 e. The highest BCUT2D eigenvalue weighted by Crippen LogP contribution is 2.63. The molecule has 0 saturated carbocycles. The summed E-state index contributed by atoms with van der Waals surface area (Å²) in [6.07, 6.45) is 18.1. The lowest BCUT2D eigenvalue weighted by atomic mass is 9.66. The van der Waals surface area contributed by atoms with Gasteiger partial charge in [-0.3, -0.25) is 0 Å². The average molecular weight is 650 g/mol. The lowest BCUT2D eigenvalue weighted by Gasteiger charge is -2.40. The van der Waals surface area contributed by atoms with Crippen molar-refractivity contribution in [3.63, 3.8) is 0 Å². The average Bonchev–Trinajstić information content (AvgIpc) is 3.78. The molecule has 4 nitrogen and oxygen atoms in total. The van der Waals surface area contributed by atoms with Gasteiger partial charge < -0.3 is 4.74 Å². The fraction of sp³-hybridized carbons (Fsp3) is 0.114. The third kappa shape index (κ3) is 4.32. The fourth-order valence-electron chi connectivity index (χ4n) is 8.02. The number of aromatic nitrogens is 3. The Labute approximate surface area is 289 Å². The van der Waals surface area contributed by atoms with Gasteiger partial charge in [0.15, 0.2) is 11.6 Å². The molecule has 0 N–H and O–H groups in total. The van der Waals surface area contributed by atoms with E-state index < -0.39 is 5.41 Å². The minimum atomic E-state index is -0.491. The quantitative estimate of drug-likeness (QED) is 0.190. The summed E-state index contributed by atoms with van der Waals surface area (Å²) >= 11 is 1.70. The van der Waals surface area contributed by atoms with E-state index in [1.165, 1.54) is 27.8 Å². The Morgan fingerprint density at radius 3 is 2.10 bits per heavy atom. The molecular formula is C44H31N3OS. The third-order valence-corrected chi connectivity index (χ3v) is 11.3. The van der Waals surface area contributed by atoms with Gasteiger partial charge in [-0.25, -0.2) is 15.0 Å². The monoisotopic (exact) mass is 649 g/mol. The summed E-state index contributed by atoms with van der Waals surface area (Å²) in [5.41, 5.74) is 9.11. The number of rotatable bonds is 4. The van der Waals surface area contributed by atoms with Crippen molar-refractivity contribution in [3.05, 3.63) is 180 Å². The summed E-state index contributed by atoms with van der Waals surface area (Å²) in [6, 6.07) is 37.2. The topological polar surface area (TPSA) is 47.9 Å². The first-order chi connectivity index (χ1) is 24.3. The van der Waals surface area contributed by atoms with Crippen LogP contribution in [0.3, 0.4) is 0 Å². The van der Waals surface area contributed by atoms with Gasteiger partial charge in [0.05, 0.1) is 10.3 Å². The molecule has 1 unspecified atom stereocenters. The van der Waals surface area contributed by atoms with E-state index in [-0.39, 0.29) is 5.92 Å². The van der Waals surface area contributed by atoms with Crippen molar-refractivity contribution >= 4 is 16.9 Å². The second kappa shape index (κ2) is 11.2. The second-order valence-corrected chi connectivity index (χ2v) is 14.0. The molecule has 4 aliphatic rings. The van der Waals surface area contributed by atoms with Crippen LogP contribution < -0.4 is 4.74 Å². The molecule has 0 saturated heterocycles. The van der Waals surface area contributed by atoms with Gasteiger partial charge in [0, 0.05) is 33.1 Å². The van der Waals surface area contributed by atoms with E-state index in [1.807, 2.05) is 0 Å². The molecule has 49 heavy (non-hydrogen) atoms. The highest BCUT2D eigenvalue weighted by molar-refractivity contribution is 7.18. The molecule has 234 valence electrons. The Balaban J connectivity index is 1.14. The zero-order valence-electron chi connectivity index (χ0n) is 26.7. The summed E-state index contributed by atoms with van der Waals surface area (Å²) in [5, 5.41) is 0. The van der Waals surface area contributed by atoms with Crippen LogP contribution in [-0.4, -0.2) is 15.0 Å². The smallest absolute Gasteiger partial charge is 0.173 e. The van der Waals surface area contributed by atoms with Crippen LogP contribution in [0.1, 0.15) is 59.1 Å². The molecule has 6 aromatic rings. The Hall–Kier alpha value is -5.65. The first kappa shape index (κ1) is 28.4. The van der Waals surface area contributed by atoms with Crippen LogP contribution in [0.2, 0.25) is 0 Å². The second-order valence-electron chi connectivity index (χ2n) is 12.9. The Kier molecular flexibility index (Phi) is 6.49. The minimum absolute atomic E-state index is 0.126. The molecule has 0 bridgehead atoms. The number of hydrogen-bond acceptors (Lipinski definition) is 5. The van der Waals surface area contributed by atoms with Gasteiger partial charge in [-0.15, -0.1) is 11.3 Å². The van der Waals surface area contributed by atoms with Gasteiger partial charge in [0.1, 0.15) is 17.3 Å². The summed E-state index contributed by atoms with van der Waals surface area (Å²) in [5.74, 6) is 4.18. The van der Waals surface area contributed by atoms with Crippen molar-refractivity contribution in [2.45, 2.75) is 30.6 Å². The first-order valence-corrected chi connectivity index (χ1v) is 17.8. The van der Waals surface area contributed by atoms with Gasteiger partial charge in [0.25, 0.3) is 0 Å². The molecular weight excluding hydrogens is 619 g/mol. The van der Waals surface area contributed by atoms with Crippen molar-refractivity contribution < 1.29 is 4.74 Å². The molecule has 5 heteroatoms. The van der Waals surface area contributed by atoms with Crippen molar-refractivity contribution in [1.29, 1.82) is 0 Å². The number of benzene rings is 4. The first-order valence-electron chi connectivity index (χ1n) is 17.0. The number of nitrogens with zero attached hydrogens (tertiary/aromatic N) is 3. The van der Waals surface area contributed by atoms with Crippen LogP contribution in [-0.2, 0) is 5.41 Å². The van der Waals surface area contributed by atoms with Gasteiger partial charge >= 0.3 is 0 Å². The van der Waals surface area contributed by atoms with E-state index in [9.17, 15) is 0 Å². The number of hydrogen-bond donors (Lipinski definition) is 0. The molecule has 2 aromatic heterocycles. The molecule has 1 aliphatic heterocycles. The summed E-state index contributed by atoms with van der Waals surface area (Å²) in [4.78, 5) is 17.2. The molecule has 1 atom stereocenters. The molecule has 0 amide bonds. The van der Waals surface area contributed by atoms with E-state index in [0.717, 1.165) is 68.9 Å². The Morgan fingerprint density at radius 1 is 0.612 bits per heavy atom. The third-order valence-electron chi connectivity index (χ3n) is 10.2. The summed E-state index contributed by atoms with van der Waals surface area (Å²) < 4.78 is 6.93. The number of thiophene rings is 1. The van der Waals surface area contributed by atoms with Crippen molar-refractivity contribution in [2.75, 3.05) is 0 Å². The zero-order valence-corrected chi connectivity index (χ0v) is 27.5. The highest BCUT2D eigenvalue weighted by atomic mass is 32.1. The standard InChI is InChI=1S/C44H31N3OS/c1-3-14-28(15-4-1)41-45-42(29-16-5-2-6-17-29)47-43(46-41)39-27-26-38(49-39)32-20-13-24-36-40(32)48-37-25-12-11-23-35(37)44(36)33-21-9-7-18-30(33)31-19-8-10-22-34(31)44/h1,3-5,7-14,16-28H,2,6,15H2. The van der Waals surface area contributed by atoms with Gasteiger partial charge in [-0.2, -0.15) is 0 Å². The van der Waals surface area contributed by atoms with Crippen LogP contribution >= 0.6 is 11.3 Å². The predicted octanol–water partition coefficient (Wildman–Crippen LogP) is 11.1. The lowest BCUT2D eigenvalue weighted by Crippen LogP contribution is -2.32. The van der Waals surface area contributed by atoms with Crippen LogP contribution in [0.5, 0.6) is 11.5 Å². The van der Waals surface area contributed by atoms with E-state index in [2.05, 4.69) is 146 Å². The van der Waals surface area contributed by atoms with Crippen LogP contribution in [0, 0.1) is 0 Å².